The Bertz CT molecular complexity index is 807. The van der Waals surface area contributed by atoms with Crippen LogP contribution in [0.15, 0.2) is 24.3 Å². The van der Waals surface area contributed by atoms with E-state index in [1.54, 1.807) is 24.3 Å². The Balaban J connectivity index is 1.56. The van der Waals surface area contributed by atoms with Gasteiger partial charge in [0.05, 0.1) is 12.3 Å². The van der Waals surface area contributed by atoms with Crippen molar-refractivity contribution < 1.29 is 19.7 Å². The smallest absolute Gasteiger partial charge is 0.264 e. The van der Waals surface area contributed by atoms with Gasteiger partial charge in [0.2, 0.25) is 5.88 Å². The molecule has 6 nitrogen and oxygen atoms in total. The number of carbonyl (C=O) groups is 1. The summed E-state index contributed by atoms with van der Waals surface area (Å²) >= 11 is 0. The van der Waals surface area contributed by atoms with Crippen LogP contribution in [0.5, 0.6) is 17.4 Å². The maximum atomic E-state index is 12.6. The fourth-order valence-corrected chi connectivity index (χ4v) is 4.12. The zero-order valence-corrected chi connectivity index (χ0v) is 17.9. The van der Waals surface area contributed by atoms with Crippen LogP contribution in [0.25, 0.3) is 0 Å². The lowest BCUT2D eigenvalue weighted by Gasteiger charge is -2.20. The Kier molecular flexibility index (Phi) is 8.05. The van der Waals surface area contributed by atoms with Gasteiger partial charge in [-0.2, -0.15) is 0 Å². The molecular formula is C24H34N2O4. The first-order valence-corrected chi connectivity index (χ1v) is 11.3. The number of rotatable bonds is 10. The molecule has 4 N–H and O–H groups in total. The van der Waals surface area contributed by atoms with Gasteiger partial charge in [-0.25, -0.2) is 0 Å². The van der Waals surface area contributed by atoms with E-state index in [-0.39, 0.29) is 17.2 Å². The highest BCUT2D eigenvalue weighted by Gasteiger charge is 2.25. The number of nitrogens with one attached hydrogen (secondary N) is 2. The standard InChI is InChI=1S/C24H34N2O4/c1-2-3-4-8-15-30-19-13-11-18(12-14-19)25-23(28)21-22(27)20(26-24(21)29)16-17-9-6-5-7-10-17/h11-14,17,26-27,29H,2-10,15-16H2,1H3,(H,25,28). The van der Waals surface area contributed by atoms with E-state index >= 15 is 0 Å². The van der Waals surface area contributed by atoms with Crippen LogP contribution in [0.1, 0.15) is 80.8 Å². The fourth-order valence-electron chi connectivity index (χ4n) is 4.12. The quantitative estimate of drug-likeness (QED) is 0.372. The summed E-state index contributed by atoms with van der Waals surface area (Å²) in [6.07, 6.45) is 11.2. The Morgan fingerprint density at radius 2 is 1.83 bits per heavy atom. The fraction of sp³-hybridized carbons (Fsp3) is 0.542. The van der Waals surface area contributed by atoms with Gasteiger partial charge in [-0.15, -0.1) is 0 Å². The molecule has 0 unspecified atom stereocenters. The highest BCUT2D eigenvalue weighted by molar-refractivity contribution is 6.08. The summed E-state index contributed by atoms with van der Waals surface area (Å²) in [4.78, 5) is 15.4. The van der Waals surface area contributed by atoms with E-state index in [1.165, 1.54) is 32.1 Å². The van der Waals surface area contributed by atoms with Crippen molar-refractivity contribution in [3.05, 3.63) is 35.5 Å². The normalized spacial score (nSPS) is 14.6. The molecule has 1 aliphatic rings. The van der Waals surface area contributed by atoms with Crippen molar-refractivity contribution in [2.24, 2.45) is 5.92 Å². The molecule has 1 saturated carbocycles. The van der Waals surface area contributed by atoms with Gasteiger partial charge in [0, 0.05) is 5.69 Å². The second-order valence-electron chi connectivity index (χ2n) is 8.27. The zero-order chi connectivity index (χ0) is 21.3. The molecule has 1 amide bonds. The molecule has 2 aromatic rings. The number of amides is 1. The number of aromatic amines is 1. The lowest BCUT2D eigenvalue weighted by atomic mass is 9.86. The molecule has 0 saturated heterocycles. The van der Waals surface area contributed by atoms with E-state index in [0.29, 0.717) is 30.3 Å². The predicted octanol–water partition coefficient (Wildman–Crippen LogP) is 5.76. The molecular weight excluding hydrogens is 380 g/mol. The summed E-state index contributed by atoms with van der Waals surface area (Å²) < 4.78 is 5.71. The average Bonchev–Trinajstić information content (AvgIpc) is 3.02. The summed E-state index contributed by atoms with van der Waals surface area (Å²) in [5, 5.41) is 23.4. The third-order valence-electron chi connectivity index (χ3n) is 5.85. The number of aromatic hydroxyl groups is 2. The first kappa shape index (κ1) is 22.1. The van der Waals surface area contributed by atoms with Crippen LogP contribution in [-0.2, 0) is 6.42 Å². The summed E-state index contributed by atoms with van der Waals surface area (Å²) in [5.41, 5.74) is 1.01. The molecule has 1 aromatic carbocycles. The van der Waals surface area contributed by atoms with Crippen molar-refractivity contribution in [3.8, 4) is 17.4 Å². The molecule has 3 rings (SSSR count). The monoisotopic (exact) mass is 414 g/mol. The second kappa shape index (κ2) is 11.0. The maximum absolute atomic E-state index is 12.6. The number of unbranched alkanes of at least 4 members (excludes halogenated alkanes) is 3. The minimum Gasteiger partial charge on any atom is -0.505 e. The number of ether oxygens (including phenoxy) is 1. The molecule has 0 atom stereocenters. The second-order valence-corrected chi connectivity index (χ2v) is 8.27. The van der Waals surface area contributed by atoms with Crippen molar-refractivity contribution in [2.75, 3.05) is 11.9 Å². The van der Waals surface area contributed by atoms with Gasteiger partial charge >= 0.3 is 0 Å². The van der Waals surface area contributed by atoms with Gasteiger partial charge < -0.3 is 25.3 Å². The first-order chi connectivity index (χ1) is 14.6. The molecule has 0 spiro atoms. The van der Waals surface area contributed by atoms with Crippen molar-refractivity contribution in [3.63, 3.8) is 0 Å². The van der Waals surface area contributed by atoms with Crippen LogP contribution in [0.3, 0.4) is 0 Å². The van der Waals surface area contributed by atoms with Crippen molar-refractivity contribution in [1.29, 1.82) is 0 Å². The highest BCUT2D eigenvalue weighted by Crippen LogP contribution is 2.35. The Hall–Kier alpha value is -2.63. The van der Waals surface area contributed by atoms with E-state index < -0.39 is 5.91 Å². The van der Waals surface area contributed by atoms with E-state index in [1.807, 2.05) is 0 Å². The predicted molar refractivity (Wildman–Crippen MR) is 118 cm³/mol. The van der Waals surface area contributed by atoms with Gasteiger partial charge in [0.25, 0.3) is 5.91 Å². The molecule has 1 aromatic heterocycles. The van der Waals surface area contributed by atoms with Crippen LogP contribution in [-0.4, -0.2) is 27.7 Å². The van der Waals surface area contributed by atoms with E-state index in [9.17, 15) is 15.0 Å². The lowest BCUT2D eigenvalue weighted by Crippen LogP contribution is -2.12. The van der Waals surface area contributed by atoms with E-state index in [0.717, 1.165) is 31.4 Å². The highest BCUT2D eigenvalue weighted by atomic mass is 16.5. The number of H-pyrrole nitrogens is 1. The summed E-state index contributed by atoms with van der Waals surface area (Å²) in [6.45, 7) is 2.86. The summed E-state index contributed by atoms with van der Waals surface area (Å²) in [5.74, 6) is 0.259. The molecule has 0 radical (unpaired) electrons. The Morgan fingerprint density at radius 3 is 2.53 bits per heavy atom. The number of carbonyl (C=O) groups excluding carboxylic acids is 1. The largest absolute Gasteiger partial charge is 0.505 e. The number of hydrogen-bond donors (Lipinski definition) is 4. The zero-order valence-electron chi connectivity index (χ0n) is 17.9. The summed E-state index contributed by atoms with van der Waals surface area (Å²) in [6, 6.07) is 7.12. The average molecular weight is 415 g/mol. The van der Waals surface area contributed by atoms with Crippen LogP contribution in [0, 0.1) is 5.92 Å². The van der Waals surface area contributed by atoms with Crippen molar-refractivity contribution in [1.82, 2.24) is 4.98 Å². The molecule has 6 heteroatoms. The molecule has 30 heavy (non-hydrogen) atoms. The summed E-state index contributed by atoms with van der Waals surface area (Å²) in [7, 11) is 0. The Morgan fingerprint density at radius 1 is 1.10 bits per heavy atom. The lowest BCUT2D eigenvalue weighted by molar-refractivity contribution is 0.102. The van der Waals surface area contributed by atoms with Crippen LogP contribution in [0.4, 0.5) is 5.69 Å². The minimum atomic E-state index is -0.538. The molecule has 0 aliphatic heterocycles. The topological polar surface area (TPSA) is 94.6 Å². The van der Waals surface area contributed by atoms with Crippen LogP contribution in [0.2, 0.25) is 0 Å². The SMILES string of the molecule is CCCCCCOc1ccc(NC(=O)c2c(O)[nH]c(CC3CCCCC3)c2O)cc1. The van der Waals surface area contributed by atoms with Gasteiger partial charge in [-0.05, 0) is 43.0 Å². The molecule has 1 heterocycles. The molecule has 164 valence electrons. The van der Waals surface area contributed by atoms with Crippen molar-refractivity contribution >= 4 is 11.6 Å². The van der Waals surface area contributed by atoms with E-state index in [4.69, 9.17) is 4.74 Å². The minimum absolute atomic E-state index is 0.0999. The molecule has 1 aliphatic carbocycles. The van der Waals surface area contributed by atoms with Gasteiger partial charge in [0.1, 0.15) is 11.3 Å². The molecule has 0 bridgehead atoms. The van der Waals surface area contributed by atoms with Crippen LogP contribution < -0.4 is 10.1 Å². The van der Waals surface area contributed by atoms with Crippen molar-refractivity contribution in [2.45, 2.75) is 71.1 Å². The van der Waals surface area contributed by atoms with E-state index in [2.05, 4.69) is 17.2 Å². The molecule has 1 fully saturated rings. The van der Waals surface area contributed by atoms with Gasteiger partial charge in [-0.1, -0.05) is 58.3 Å². The number of benzene rings is 1. The Labute approximate surface area is 178 Å². The van der Waals surface area contributed by atoms with Gasteiger partial charge in [0.15, 0.2) is 5.75 Å². The first-order valence-electron chi connectivity index (χ1n) is 11.3. The van der Waals surface area contributed by atoms with Crippen LogP contribution >= 0.6 is 0 Å². The maximum Gasteiger partial charge on any atom is 0.264 e. The number of aromatic nitrogens is 1. The third kappa shape index (κ3) is 5.94. The third-order valence-corrected chi connectivity index (χ3v) is 5.85. The number of hydrogen-bond acceptors (Lipinski definition) is 4. The van der Waals surface area contributed by atoms with Gasteiger partial charge in [-0.3, -0.25) is 4.79 Å². The number of anilines is 1.